The average Bonchev–Trinajstić information content (AvgIpc) is 2.61. The Morgan fingerprint density at radius 3 is 1.92 bits per heavy atom. The van der Waals surface area contributed by atoms with Gasteiger partial charge in [0.2, 0.25) is 0 Å². The number of carbonyl (C=O) groups is 1. The van der Waals surface area contributed by atoms with Gasteiger partial charge in [0.25, 0.3) is 0 Å². The van der Waals surface area contributed by atoms with E-state index in [1.54, 1.807) is 18.2 Å². The zero-order valence-electron chi connectivity index (χ0n) is 14.8. The zero-order chi connectivity index (χ0) is 17.9. The van der Waals surface area contributed by atoms with Crippen LogP contribution in [0, 0.1) is 17.8 Å². The van der Waals surface area contributed by atoms with Gasteiger partial charge in [-0.15, -0.1) is 0 Å². The standard InChI is InChI=1S/C23H24O3/c24-13-19-8-17(1-3-21(19)25)18-2-4-22(26)20(9-18)23-10-14-5-15(11-23)7-16(6-14)12-23/h1-4,8-9,13-16,25-26H,5-7,10-12H2. The van der Waals surface area contributed by atoms with Crippen molar-refractivity contribution < 1.29 is 15.0 Å². The highest BCUT2D eigenvalue weighted by atomic mass is 16.3. The molecule has 3 heteroatoms. The van der Waals surface area contributed by atoms with Crippen LogP contribution in [-0.4, -0.2) is 16.5 Å². The third kappa shape index (κ3) is 2.37. The minimum absolute atomic E-state index is 0.00355. The molecular formula is C23H24O3. The molecule has 0 heterocycles. The van der Waals surface area contributed by atoms with Gasteiger partial charge < -0.3 is 10.2 Å². The van der Waals surface area contributed by atoms with E-state index in [-0.39, 0.29) is 11.2 Å². The van der Waals surface area contributed by atoms with Crippen LogP contribution in [0.15, 0.2) is 36.4 Å². The van der Waals surface area contributed by atoms with Gasteiger partial charge in [0.1, 0.15) is 11.5 Å². The van der Waals surface area contributed by atoms with E-state index in [2.05, 4.69) is 6.07 Å². The molecule has 26 heavy (non-hydrogen) atoms. The minimum atomic E-state index is 0.00355. The minimum Gasteiger partial charge on any atom is -0.508 e. The molecule has 3 nitrogen and oxygen atoms in total. The highest BCUT2D eigenvalue weighted by Gasteiger charge is 2.52. The van der Waals surface area contributed by atoms with Gasteiger partial charge in [-0.2, -0.15) is 0 Å². The summed E-state index contributed by atoms with van der Waals surface area (Å²) in [6, 6.07) is 11.0. The Labute approximate surface area is 153 Å². The predicted molar refractivity (Wildman–Crippen MR) is 100 cm³/mol. The van der Waals surface area contributed by atoms with Crippen molar-refractivity contribution in [2.24, 2.45) is 17.8 Å². The molecule has 2 aromatic rings. The quantitative estimate of drug-likeness (QED) is 0.764. The fourth-order valence-electron chi connectivity index (χ4n) is 6.41. The fourth-order valence-corrected chi connectivity index (χ4v) is 6.41. The lowest BCUT2D eigenvalue weighted by Gasteiger charge is -2.57. The Kier molecular flexibility index (Phi) is 3.43. The van der Waals surface area contributed by atoms with E-state index in [0.29, 0.717) is 17.6 Å². The largest absolute Gasteiger partial charge is 0.508 e. The number of phenolic OH excluding ortho intramolecular Hbond substituents is 2. The van der Waals surface area contributed by atoms with Crippen LogP contribution in [0.5, 0.6) is 11.5 Å². The van der Waals surface area contributed by atoms with E-state index >= 15 is 0 Å². The molecule has 6 rings (SSSR count). The van der Waals surface area contributed by atoms with Crippen LogP contribution in [0.1, 0.15) is 54.4 Å². The van der Waals surface area contributed by atoms with Crippen LogP contribution in [-0.2, 0) is 5.41 Å². The number of benzene rings is 2. The highest BCUT2D eigenvalue weighted by molar-refractivity contribution is 5.83. The van der Waals surface area contributed by atoms with E-state index in [1.165, 1.54) is 38.5 Å². The maximum Gasteiger partial charge on any atom is 0.153 e. The van der Waals surface area contributed by atoms with Crippen molar-refractivity contribution in [1.82, 2.24) is 0 Å². The molecule has 4 fully saturated rings. The molecule has 2 aromatic carbocycles. The second-order valence-electron chi connectivity index (χ2n) is 8.82. The molecule has 134 valence electrons. The first-order valence-corrected chi connectivity index (χ1v) is 9.68. The molecule has 4 bridgehead atoms. The van der Waals surface area contributed by atoms with Crippen LogP contribution in [0.3, 0.4) is 0 Å². The summed E-state index contributed by atoms with van der Waals surface area (Å²) in [6.07, 6.45) is 8.40. The van der Waals surface area contributed by atoms with Crippen molar-refractivity contribution in [2.75, 3.05) is 0 Å². The van der Waals surface area contributed by atoms with Crippen LogP contribution in [0.25, 0.3) is 11.1 Å². The Morgan fingerprint density at radius 2 is 1.35 bits per heavy atom. The normalized spacial score (nSPS) is 31.9. The average molecular weight is 348 g/mol. The summed E-state index contributed by atoms with van der Waals surface area (Å²) in [4.78, 5) is 11.2. The molecule has 0 aromatic heterocycles. The molecule has 0 saturated heterocycles. The van der Waals surface area contributed by atoms with Gasteiger partial charge in [-0.05, 0) is 97.1 Å². The first-order valence-electron chi connectivity index (χ1n) is 9.68. The van der Waals surface area contributed by atoms with Crippen LogP contribution in [0.2, 0.25) is 0 Å². The molecule has 0 atom stereocenters. The molecule has 0 radical (unpaired) electrons. The van der Waals surface area contributed by atoms with Gasteiger partial charge in [0.05, 0.1) is 5.56 Å². The molecule has 4 aliphatic rings. The molecule has 0 unspecified atom stereocenters. The summed E-state index contributed by atoms with van der Waals surface area (Å²) < 4.78 is 0. The lowest BCUT2D eigenvalue weighted by Crippen LogP contribution is -2.48. The van der Waals surface area contributed by atoms with Crippen molar-refractivity contribution in [3.63, 3.8) is 0 Å². The van der Waals surface area contributed by atoms with Crippen LogP contribution >= 0.6 is 0 Å². The number of hydrogen-bond acceptors (Lipinski definition) is 3. The van der Waals surface area contributed by atoms with Gasteiger partial charge >= 0.3 is 0 Å². The summed E-state index contributed by atoms with van der Waals surface area (Å²) in [5.41, 5.74) is 3.41. The molecular weight excluding hydrogens is 324 g/mol. The lowest BCUT2D eigenvalue weighted by molar-refractivity contribution is -0.00611. The number of phenols is 2. The third-order valence-electron chi connectivity index (χ3n) is 7.09. The number of rotatable bonds is 3. The molecule has 2 N–H and O–H groups in total. The predicted octanol–water partition coefficient (Wildman–Crippen LogP) is 5.05. The fraction of sp³-hybridized carbons (Fsp3) is 0.435. The van der Waals surface area contributed by atoms with Crippen molar-refractivity contribution in [2.45, 2.75) is 43.9 Å². The van der Waals surface area contributed by atoms with Crippen LogP contribution in [0.4, 0.5) is 0 Å². The lowest BCUT2D eigenvalue weighted by atomic mass is 9.48. The zero-order valence-corrected chi connectivity index (χ0v) is 14.8. The van der Waals surface area contributed by atoms with Crippen molar-refractivity contribution in [3.05, 3.63) is 47.5 Å². The molecule has 0 amide bonds. The maximum atomic E-state index is 11.2. The SMILES string of the molecule is O=Cc1cc(-c2ccc(O)c(C34CC5CC(CC(C5)C3)C4)c2)ccc1O. The van der Waals surface area contributed by atoms with E-state index < -0.39 is 0 Å². The first kappa shape index (κ1) is 15.9. The van der Waals surface area contributed by atoms with Gasteiger partial charge in [0, 0.05) is 5.56 Å². The summed E-state index contributed by atoms with van der Waals surface area (Å²) in [6.45, 7) is 0. The molecule has 0 spiro atoms. The van der Waals surface area contributed by atoms with Gasteiger partial charge in [-0.1, -0.05) is 12.1 Å². The summed E-state index contributed by atoms with van der Waals surface area (Å²) in [5.74, 6) is 2.87. The molecule has 4 saturated carbocycles. The summed E-state index contributed by atoms with van der Waals surface area (Å²) >= 11 is 0. The van der Waals surface area contributed by atoms with Gasteiger partial charge in [0.15, 0.2) is 6.29 Å². The summed E-state index contributed by atoms with van der Waals surface area (Å²) in [7, 11) is 0. The Morgan fingerprint density at radius 1 is 0.808 bits per heavy atom. The van der Waals surface area contributed by atoms with Crippen LogP contribution < -0.4 is 0 Å². The third-order valence-corrected chi connectivity index (χ3v) is 7.09. The Hall–Kier alpha value is -2.29. The highest BCUT2D eigenvalue weighted by Crippen LogP contribution is 2.62. The van der Waals surface area contributed by atoms with E-state index in [1.807, 2.05) is 12.1 Å². The molecule has 4 aliphatic carbocycles. The number of aldehydes is 1. The van der Waals surface area contributed by atoms with Gasteiger partial charge in [-0.3, -0.25) is 4.79 Å². The Balaban J connectivity index is 1.59. The Bertz CT molecular complexity index is 848. The van der Waals surface area contributed by atoms with E-state index in [4.69, 9.17) is 0 Å². The number of aromatic hydroxyl groups is 2. The topological polar surface area (TPSA) is 57.5 Å². The van der Waals surface area contributed by atoms with E-state index in [9.17, 15) is 15.0 Å². The van der Waals surface area contributed by atoms with Crippen molar-refractivity contribution in [3.8, 4) is 22.6 Å². The molecule has 0 aliphatic heterocycles. The smallest absolute Gasteiger partial charge is 0.153 e. The second kappa shape index (κ2) is 5.60. The number of hydrogen-bond donors (Lipinski definition) is 2. The second-order valence-corrected chi connectivity index (χ2v) is 8.82. The summed E-state index contributed by atoms with van der Waals surface area (Å²) in [5, 5.41) is 20.5. The number of carbonyl (C=O) groups excluding carboxylic acids is 1. The maximum absolute atomic E-state index is 11.2. The van der Waals surface area contributed by atoms with Crippen molar-refractivity contribution in [1.29, 1.82) is 0 Å². The monoisotopic (exact) mass is 348 g/mol. The van der Waals surface area contributed by atoms with Crippen molar-refractivity contribution >= 4 is 6.29 Å². The van der Waals surface area contributed by atoms with Gasteiger partial charge in [-0.25, -0.2) is 0 Å². The first-order chi connectivity index (χ1) is 12.6. The van der Waals surface area contributed by atoms with E-state index in [0.717, 1.165) is 34.4 Å².